The molecule has 0 radical (unpaired) electrons. The number of nitrogens with zero attached hydrogens (tertiary/aromatic N) is 5. The molecule has 0 aliphatic rings. The van der Waals surface area contributed by atoms with E-state index >= 15 is 0 Å². The molecule has 5 aromatic heterocycles. The Bertz CT molecular complexity index is 4360. The van der Waals surface area contributed by atoms with Crippen molar-refractivity contribution in [3.8, 4) is 56.3 Å². The molecular weight excluding hydrogens is 1070 g/mol. The second kappa shape index (κ2) is 37.5. The normalized spacial score (nSPS) is 14.7. The van der Waals surface area contributed by atoms with Gasteiger partial charge >= 0.3 is 0 Å². The molecule has 468 valence electrons. The topological polar surface area (TPSA) is 19.4 Å². The summed E-state index contributed by atoms with van der Waals surface area (Å²) in [6, 6.07) is 58.3. The van der Waals surface area contributed by atoms with Gasteiger partial charge in [0.1, 0.15) is 35.2 Å². The highest BCUT2D eigenvalue weighted by Crippen LogP contribution is 2.27. The predicted molar refractivity (Wildman–Crippen MR) is 383 cm³/mol. The highest BCUT2D eigenvalue weighted by atomic mass is 14.9. The molecule has 10 rings (SSSR count). The van der Waals surface area contributed by atoms with Gasteiger partial charge in [-0.05, 0) is 177 Å². The zero-order chi connectivity index (χ0) is 73.3. The third-order valence-corrected chi connectivity index (χ3v) is 14.5. The van der Waals surface area contributed by atoms with Crippen LogP contribution in [0.25, 0.3) is 56.3 Å². The molecule has 0 amide bonds. The number of aryl methyl sites for hydroxylation is 12. The monoisotopic (exact) mass is 1200 g/mol. The van der Waals surface area contributed by atoms with Gasteiger partial charge in [0.25, 0.3) is 0 Å². The van der Waals surface area contributed by atoms with Gasteiger partial charge < -0.3 is 0 Å². The highest BCUT2D eigenvalue weighted by molar-refractivity contribution is 5.64. The summed E-state index contributed by atoms with van der Waals surface area (Å²) in [7, 11) is 10.0. The number of aromatic nitrogens is 5. The van der Waals surface area contributed by atoms with Crippen molar-refractivity contribution in [2.45, 2.75) is 151 Å². The Morgan fingerprint density at radius 2 is 0.864 bits per heavy atom. The molecule has 2 unspecified atom stereocenters. The van der Waals surface area contributed by atoms with Gasteiger partial charge in [0.2, 0.25) is 28.5 Å². The van der Waals surface area contributed by atoms with Crippen molar-refractivity contribution in [2.24, 2.45) is 41.1 Å². The van der Waals surface area contributed by atoms with E-state index in [1.54, 1.807) is 36.4 Å². The lowest BCUT2D eigenvalue weighted by Crippen LogP contribution is -2.32. The highest BCUT2D eigenvalue weighted by Gasteiger charge is 2.18. The summed E-state index contributed by atoms with van der Waals surface area (Å²) in [6.45, 7) is 11.8. The van der Waals surface area contributed by atoms with Crippen LogP contribution in [0.5, 0.6) is 0 Å². The summed E-state index contributed by atoms with van der Waals surface area (Å²) in [5, 5.41) is 0. The van der Waals surface area contributed by atoms with Gasteiger partial charge in [-0.2, -0.15) is 0 Å². The molecule has 0 aliphatic carbocycles. The Balaban J connectivity index is 0.000000640. The third kappa shape index (κ3) is 21.6. The average molecular weight is 1200 g/mol. The summed E-state index contributed by atoms with van der Waals surface area (Å²) < 4.78 is 126. The summed E-state index contributed by atoms with van der Waals surface area (Å²) in [5.41, 5.74) is 20.5. The van der Waals surface area contributed by atoms with Crippen molar-refractivity contribution in [1.82, 2.24) is 0 Å². The van der Waals surface area contributed by atoms with E-state index in [1.165, 1.54) is 69.4 Å². The van der Waals surface area contributed by atoms with Crippen molar-refractivity contribution in [1.29, 1.82) is 0 Å². The number of pyridine rings is 5. The number of hydrogen-bond donors (Lipinski definition) is 0. The Kier molecular flexibility index (Phi) is 23.5. The molecule has 88 heavy (non-hydrogen) atoms. The van der Waals surface area contributed by atoms with Crippen molar-refractivity contribution in [3.05, 3.63) is 269 Å². The Morgan fingerprint density at radius 1 is 0.398 bits per heavy atom. The Morgan fingerprint density at radius 3 is 1.34 bits per heavy atom. The standard InChI is InChI=1S/2C17H22N.C16H20N.2C14H16N.5CH4/c1-12(2)16-11-18(5)17(10-14(16)4)15-9-7-6-8-13(15)3;1-13(2)11-15-8-9-16(14(3)12-15)17-7-5-6-10-18(17)4;1-12(2)14-8-9-15(13(3)11-14)16-7-5-6-10-17(16)4;1-11-7-8-12(2)13(10-11)14-6-4-5-9-15(14)3;1-3-12-7-9-13(10-8-12)14-6-4-5-11-15(14)2;;;;;/h6-12H,1-5H3;5-10,12-13H,11H2,1-4H3;5-12H,1-4H3;4-10H,1-3H3;4-11H,3H2,1-2H3;5*1H4/q5*+1;;;;;/i;1D3,11D2,13D;1D3,12D;;1D3,3D2;;;;;. The molecule has 5 heteroatoms. The smallest absolute Gasteiger partial charge is 0.201 e. The van der Waals surface area contributed by atoms with Crippen LogP contribution in [0.2, 0.25) is 0 Å². The molecule has 0 saturated heterocycles. The van der Waals surface area contributed by atoms with Gasteiger partial charge in [-0.25, -0.2) is 22.8 Å². The van der Waals surface area contributed by atoms with E-state index in [0.29, 0.717) is 11.5 Å². The van der Waals surface area contributed by atoms with Crippen molar-refractivity contribution in [3.63, 3.8) is 0 Å². The first-order valence-electron chi connectivity index (χ1n) is 35.7. The zero-order valence-corrected chi connectivity index (χ0v) is 51.5. The van der Waals surface area contributed by atoms with Crippen LogP contribution in [0.4, 0.5) is 0 Å². The van der Waals surface area contributed by atoms with Crippen LogP contribution >= 0.6 is 0 Å². The second-order valence-corrected chi connectivity index (χ2v) is 21.6. The summed E-state index contributed by atoms with van der Waals surface area (Å²) in [6.07, 6.45) is 5.52. The van der Waals surface area contributed by atoms with Gasteiger partial charge in [-0.3, -0.25) is 0 Å². The maximum atomic E-state index is 8.25. The molecule has 0 N–H and O–H groups in total. The van der Waals surface area contributed by atoms with Crippen LogP contribution in [0.15, 0.2) is 213 Å². The van der Waals surface area contributed by atoms with E-state index in [1.807, 2.05) is 134 Å². The molecule has 0 saturated carbocycles. The minimum atomic E-state index is -2.73. The first kappa shape index (κ1) is 55.2. The van der Waals surface area contributed by atoms with Crippen LogP contribution < -0.4 is 22.8 Å². The molecule has 5 heterocycles. The number of rotatable bonds is 10. The maximum Gasteiger partial charge on any atom is 0.212 e. The largest absolute Gasteiger partial charge is 0.212 e. The summed E-state index contributed by atoms with van der Waals surface area (Å²) in [5.74, 6) is -3.28. The van der Waals surface area contributed by atoms with Crippen LogP contribution in [0.1, 0.15) is 173 Å². The number of benzene rings is 5. The first-order chi connectivity index (χ1) is 45.5. The average Bonchev–Trinajstić information content (AvgIpc) is 0.762. The summed E-state index contributed by atoms with van der Waals surface area (Å²) >= 11 is 0. The third-order valence-electron chi connectivity index (χ3n) is 14.5. The zero-order valence-electron chi connectivity index (χ0n) is 66.5. The minimum Gasteiger partial charge on any atom is -0.201 e. The second-order valence-electron chi connectivity index (χ2n) is 21.6. The molecule has 0 fully saturated rings. The van der Waals surface area contributed by atoms with Gasteiger partial charge in [0.05, 0.1) is 0 Å². The van der Waals surface area contributed by atoms with Crippen molar-refractivity contribution >= 4 is 0 Å². The lowest BCUT2D eigenvalue weighted by Gasteiger charge is -2.11. The first-order valence-corrected chi connectivity index (χ1v) is 28.2. The number of hydrogen-bond acceptors (Lipinski definition) is 0. The molecule has 5 nitrogen and oxygen atoms in total. The molecule has 0 spiro atoms. The van der Waals surface area contributed by atoms with E-state index in [-0.39, 0.29) is 48.3 Å². The quantitative estimate of drug-likeness (QED) is 0.122. The van der Waals surface area contributed by atoms with Crippen molar-refractivity contribution in [2.75, 3.05) is 0 Å². The van der Waals surface area contributed by atoms with E-state index < -0.39 is 45.1 Å². The molecule has 0 aliphatic heterocycles. The maximum absolute atomic E-state index is 8.25. The van der Waals surface area contributed by atoms with Gasteiger partial charge in [0.15, 0.2) is 31.0 Å². The molecule has 10 aromatic rings. The fourth-order valence-electron chi connectivity index (χ4n) is 9.90. The molecule has 5 aromatic carbocycles. The van der Waals surface area contributed by atoms with Crippen LogP contribution in [0.3, 0.4) is 0 Å². The minimum absolute atomic E-state index is 0. The van der Waals surface area contributed by atoms with E-state index in [4.69, 9.17) is 20.6 Å². The van der Waals surface area contributed by atoms with Crippen LogP contribution in [-0.2, 0) is 48.0 Å². The van der Waals surface area contributed by atoms with Crippen molar-refractivity contribution < 1.29 is 43.4 Å². The molecule has 0 bridgehead atoms. The summed E-state index contributed by atoms with van der Waals surface area (Å²) in [4.78, 5) is 0. The Hall–Kier alpha value is -8.15. The molecular formula is C83H116N5+5. The van der Waals surface area contributed by atoms with E-state index in [2.05, 4.69) is 144 Å². The van der Waals surface area contributed by atoms with Gasteiger partial charge in [-0.15, -0.1) is 0 Å². The van der Waals surface area contributed by atoms with E-state index in [9.17, 15) is 0 Å². The fourth-order valence-corrected chi connectivity index (χ4v) is 9.90. The molecule has 2 atom stereocenters. The lowest BCUT2D eigenvalue weighted by atomic mass is 9.96. The van der Waals surface area contributed by atoms with Crippen LogP contribution in [0, 0.1) is 47.4 Å². The SMILES string of the molecule is C.C.C.C.C.Cc1ccc(C)c(-c2cccc[n+]2C)c1.Cc1ccccc1-c1cc(C)c(C(C)C)c[n+]1C.[2H]C([2H])([2H])C([2H])(C)C([2H])([2H])c1ccc(-c2cccc[n+]2C)c(C)c1.[2H]C([2H])([2H])C([2H])(C)c1ccc(-c2cccc[n+]2C)c(C)c1.[2H]C([2H])([2H])C([2H])([2H])c1ccc(-c2cccc[n+]2C)cc1. The lowest BCUT2D eigenvalue weighted by molar-refractivity contribution is -0.661. The van der Waals surface area contributed by atoms with Gasteiger partial charge in [0, 0.05) is 109 Å². The Labute approximate surface area is 558 Å². The fraction of sp³-hybridized carbons (Fsp3) is 0.337. The van der Waals surface area contributed by atoms with Crippen LogP contribution in [-0.4, -0.2) is 0 Å². The van der Waals surface area contributed by atoms with Gasteiger partial charge in [-0.1, -0.05) is 158 Å². The predicted octanol–water partition coefficient (Wildman–Crippen LogP) is 19.9. The van der Waals surface area contributed by atoms with E-state index in [0.717, 1.165) is 51.8 Å².